The fourth-order valence-electron chi connectivity index (χ4n) is 2.84. The SMILES string of the molecule is CC1CCN(C(=O)CCn2cc(Br)ccc2=O)C(CN)C1.Cl. The first-order chi connectivity index (χ1) is 10.0. The lowest BCUT2D eigenvalue weighted by molar-refractivity contribution is -0.135. The molecule has 0 spiro atoms. The number of likely N-dealkylation sites (tertiary alicyclic amines) is 1. The summed E-state index contributed by atoms with van der Waals surface area (Å²) in [5.74, 6) is 0.708. The van der Waals surface area contributed by atoms with Gasteiger partial charge in [0, 0.05) is 48.8 Å². The fraction of sp³-hybridized carbons (Fsp3) is 0.600. The minimum Gasteiger partial charge on any atom is -0.338 e. The van der Waals surface area contributed by atoms with Gasteiger partial charge in [-0.2, -0.15) is 0 Å². The van der Waals surface area contributed by atoms with Gasteiger partial charge in [-0.1, -0.05) is 6.92 Å². The van der Waals surface area contributed by atoms with Crippen molar-refractivity contribution in [2.45, 2.75) is 38.8 Å². The molecule has 0 aromatic carbocycles. The predicted molar refractivity (Wildman–Crippen MR) is 93.2 cm³/mol. The maximum atomic E-state index is 12.4. The summed E-state index contributed by atoms with van der Waals surface area (Å²) in [5, 5.41) is 0. The molecule has 1 aliphatic rings. The van der Waals surface area contributed by atoms with Crippen molar-refractivity contribution in [2.24, 2.45) is 11.7 Å². The van der Waals surface area contributed by atoms with E-state index in [0.29, 0.717) is 25.4 Å². The van der Waals surface area contributed by atoms with Crippen LogP contribution in [0.5, 0.6) is 0 Å². The number of aryl methyl sites for hydroxylation is 1. The minimum absolute atomic E-state index is 0. The van der Waals surface area contributed by atoms with Gasteiger partial charge in [-0.25, -0.2) is 0 Å². The largest absolute Gasteiger partial charge is 0.338 e. The first kappa shape index (κ1) is 19.2. The number of carbonyl (C=O) groups excluding carboxylic acids is 1. The third-order valence-corrected chi connectivity index (χ3v) is 4.55. The van der Waals surface area contributed by atoms with E-state index in [1.54, 1.807) is 16.8 Å². The van der Waals surface area contributed by atoms with Crippen molar-refractivity contribution in [3.63, 3.8) is 0 Å². The second kappa shape index (κ2) is 8.70. The maximum Gasteiger partial charge on any atom is 0.250 e. The van der Waals surface area contributed by atoms with Gasteiger partial charge in [-0.05, 0) is 40.8 Å². The van der Waals surface area contributed by atoms with Gasteiger partial charge in [0.15, 0.2) is 0 Å². The van der Waals surface area contributed by atoms with Crippen LogP contribution in [-0.2, 0) is 11.3 Å². The average Bonchev–Trinajstić information content (AvgIpc) is 2.47. The molecule has 0 aliphatic carbocycles. The number of pyridine rings is 1. The summed E-state index contributed by atoms with van der Waals surface area (Å²) in [7, 11) is 0. The van der Waals surface area contributed by atoms with Gasteiger partial charge in [0.25, 0.3) is 5.56 Å². The number of amides is 1. The van der Waals surface area contributed by atoms with Gasteiger partial charge in [0.1, 0.15) is 0 Å². The standard InChI is InChI=1S/C15H22BrN3O2.ClH/c1-11-4-7-19(13(8-11)9-17)15(21)5-6-18-10-12(16)2-3-14(18)20;/h2-3,10-11,13H,4-9,17H2,1H3;1H. The highest BCUT2D eigenvalue weighted by Gasteiger charge is 2.28. The summed E-state index contributed by atoms with van der Waals surface area (Å²) in [6, 6.07) is 3.34. The molecule has 1 aromatic heterocycles. The van der Waals surface area contributed by atoms with Gasteiger partial charge in [0.2, 0.25) is 5.91 Å². The molecule has 2 unspecified atom stereocenters. The molecule has 124 valence electrons. The third-order valence-electron chi connectivity index (χ3n) is 4.08. The lowest BCUT2D eigenvalue weighted by atomic mass is 9.92. The highest BCUT2D eigenvalue weighted by atomic mass is 79.9. The second-order valence-corrected chi connectivity index (χ2v) is 6.65. The Bertz CT molecular complexity index is 564. The average molecular weight is 393 g/mol. The van der Waals surface area contributed by atoms with Crippen molar-refractivity contribution < 1.29 is 4.79 Å². The molecule has 2 N–H and O–H groups in total. The Morgan fingerprint density at radius 3 is 2.86 bits per heavy atom. The van der Waals surface area contributed by atoms with Crippen LogP contribution in [0.2, 0.25) is 0 Å². The third kappa shape index (κ3) is 4.83. The molecule has 1 aliphatic heterocycles. The number of halogens is 2. The van der Waals surface area contributed by atoms with Crippen LogP contribution in [-0.4, -0.2) is 34.5 Å². The molecule has 1 aromatic rings. The van der Waals surface area contributed by atoms with Crippen LogP contribution in [0, 0.1) is 5.92 Å². The molecule has 2 atom stereocenters. The van der Waals surface area contributed by atoms with Crippen LogP contribution in [0.1, 0.15) is 26.2 Å². The molecular weight excluding hydrogens is 370 g/mol. The first-order valence-electron chi connectivity index (χ1n) is 7.36. The zero-order chi connectivity index (χ0) is 15.4. The van der Waals surface area contributed by atoms with Crippen LogP contribution >= 0.6 is 28.3 Å². The number of hydrogen-bond acceptors (Lipinski definition) is 3. The van der Waals surface area contributed by atoms with E-state index >= 15 is 0 Å². The number of hydrogen-bond donors (Lipinski definition) is 1. The van der Waals surface area contributed by atoms with Crippen molar-refractivity contribution in [1.29, 1.82) is 0 Å². The Morgan fingerprint density at radius 2 is 2.18 bits per heavy atom. The molecule has 22 heavy (non-hydrogen) atoms. The van der Waals surface area contributed by atoms with Crippen molar-refractivity contribution >= 4 is 34.2 Å². The summed E-state index contributed by atoms with van der Waals surface area (Å²) in [6.45, 7) is 3.88. The van der Waals surface area contributed by atoms with E-state index in [1.165, 1.54) is 6.07 Å². The van der Waals surface area contributed by atoms with Gasteiger partial charge in [-0.15, -0.1) is 12.4 Å². The molecule has 0 saturated carbocycles. The number of aromatic nitrogens is 1. The molecule has 1 saturated heterocycles. The Labute approximate surface area is 145 Å². The van der Waals surface area contributed by atoms with Crippen molar-refractivity contribution in [2.75, 3.05) is 13.1 Å². The summed E-state index contributed by atoms with van der Waals surface area (Å²) in [5.41, 5.74) is 5.70. The van der Waals surface area contributed by atoms with E-state index in [2.05, 4.69) is 22.9 Å². The van der Waals surface area contributed by atoms with E-state index < -0.39 is 0 Å². The van der Waals surface area contributed by atoms with Crippen LogP contribution in [0.4, 0.5) is 0 Å². The molecule has 2 rings (SSSR count). The zero-order valence-electron chi connectivity index (χ0n) is 12.7. The van der Waals surface area contributed by atoms with E-state index in [0.717, 1.165) is 23.9 Å². The minimum atomic E-state index is -0.0892. The van der Waals surface area contributed by atoms with Crippen LogP contribution in [0.15, 0.2) is 27.6 Å². The smallest absolute Gasteiger partial charge is 0.250 e. The zero-order valence-corrected chi connectivity index (χ0v) is 15.1. The Hall–Kier alpha value is -0.850. The van der Waals surface area contributed by atoms with Gasteiger partial charge < -0.3 is 15.2 Å². The van der Waals surface area contributed by atoms with Crippen LogP contribution < -0.4 is 11.3 Å². The molecule has 7 heteroatoms. The van der Waals surface area contributed by atoms with Gasteiger partial charge in [0.05, 0.1) is 0 Å². The maximum absolute atomic E-state index is 12.4. The van der Waals surface area contributed by atoms with Crippen LogP contribution in [0.3, 0.4) is 0 Å². The topological polar surface area (TPSA) is 68.3 Å². The molecule has 0 radical (unpaired) electrons. The fourth-order valence-corrected chi connectivity index (χ4v) is 3.22. The lowest BCUT2D eigenvalue weighted by Crippen LogP contribution is -2.49. The normalized spacial score (nSPS) is 21.3. The van der Waals surface area contributed by atoms with Gasteiger partial charge in [-0.3, -0.25) is 9.59 Å². The van der Waals surface area contributed by atoms with Crippen molar-refractivity contribution in [1.82, 2.24) is 9.47 Å². The molecule has 5 nitrogen and oxygen atoms in total. The Kier molecular flexibility index (Phi) is 7.59. The van der Waals surface area contributed by atoms with E-state index in [-0.39, 0.29) is 29.9 Å². The number of piperidine rings is 1. The highest BCUT2D eigenvalue weighted by molar-refractivity contribution is 9.10. The molecule has 1 fully saturated rings. The van der Waals surface area contributed by atoms with Crippen LogP contribution in [0.25, 0.3) is 0 Å². The second-order valence-electron chi connectivity index (χ2n) is 5.74. The summed E-state index contributed by atoms with van der Waals surface area (Å²) < 4.78 is 2.40. The number of nitrogens with two attached hydrogens (primary N) is 1. The molecule has 0 bridgehead atoms. The van der Waals surface area contributed by atoms with Gasteiger partial charge >= 0.3 is 0 Å². The summed E-state index contributed by atoms with van der Waals surface area (Å²) >= 11 is 3.34. The Balaban J connectivity index is 0.00000242. The van der Waals surface area contributed by atoms with Crippen molar-refractivity contribution in [3.8, 4) is 0 Å². The lowest BCUT2D eigenvalue weighted by Gasteiger charge is -2.38. The number of rotatable bonds is 4. The van der Waals surface area contributed by atoms with E-state index in [1.807, 2.05) is 4.90 Å². The molecule has 2 heterocycles. The first-order valence-corrected chi connectivity index (χ1v) is 8.16. The molecule has 1 amide bonds. The number of carbonyl (C=O) groups is 1. The predicted octanol–water partition coefficient (Wildman–Crippen LogP) is 2.01. The monoisotopic (exact) mass is 391 g/mol. The van der Waals surface area contributed by atoms with E-state index in [9.17, 15) is 9.59 Å². The van der Waals surface area contributed by atoms with E-state index in [4.69, 9.17) is 5.73 Å². The quantitative estimate of drug-likeness (QED) is 0.852. The number of nitrogens with zero attached hydrogens (tertiary/aromatic N) is 2. The molecular formula is C15H23BrClN3O2. The highest BCUT2D eigenvalue weighted by Crippen LogP contribution is 2.22. The summed E-state index contributed by atoms with van der Waals surface area (Å²) in [6.07, 6.45) is 4.05. The Morgan fingerprint density at radius 1 is 1.45 bits per heavy atom. The summed E-state index contributed by atoms with van der Waals surface area (Å²) in [4.78, 5) is 26.0. The van der Waals surface area contributed by atoms with Crippen molar-refractivity contribution in [3.05, 3.63) is 33.2 Å².